The number of carbonyl (C=O) groups excluding carboxylic acids is 1. The minimum atomic E-state index is -1.99. The summed E-state index contributed by atoms with van der Waals surface area (Å²) in [6.07, 6.45) is 38.9. The highest BCUT2D eigenvalue weighted by Crippen LogP contribution is 2.33. The highest BCUT2D eigenvalue weighted by Gasteiger charge is 2.53. The molecule has 0 aromatic heterocycles. The number of rotatable bonds is 53. The third kappa shape index (κ3) is 34.1. The molecule has 19 heteroatoms. The Kier molecular flexibility index (Phi) is 47.5. The normalized spacial score (nSPS) is 28.5. The van der Waals surface area contributed by atoms with Gasteiger partial charge in [0.1, 0.15) is 73.2 Å². The van der Waals surface area contributed by atoms with Crippen LogP contribution in [0.3, 0.4) is 0 Å². The fourth-order valence-corrected chi connectivity index (χ4v) is 11.6. The van der Waals surface area contributed by atoms with Gasteiger partial charge < -0.3 is 89.9 Å². The zero-order valence-corrected chi connectivity index (χ0v) is 55.1. The predicted octanol–water partition coefficient (Wildman–Crippen LogP) is 9.33. The number of aliphatic hydroxyl groups excluding tert-OH is 11. The maximum absolute atomic E-state index is 13.4. The number of hydrogen-bond donors (Lipinski definition) is 12. The number of aliphatic hydroxyl groups is 11. The van der Waals surface area contributed by atoms with E-state index < -0.39 is 124 Å². The molecule has 3 fully saturated rings. The summed E-state index contributed by atoms with van der Waals surface area (Å²) in [7, 11) is 0. The van der Waals surface area contributed by atoms with Gasteiger partial charge in [-0.1, -0.05) is 234 Å². The molecule has 0 bridgehead atoms. The van der Waals surface area contributed by atoms with Gasteiger partial charge in [-0.25, -0.2) is 0 Å². The minimum absolute atomic E-state index is 0.204. The first-order valence-electron chi connectivity index (χ1n) is 35.2. The second-order valence-corrected chi connectivity index (χ2v) is 25.0. The fraction of sp³-hybridized carbons (Fsp3) is 0.817. The molecule has 3 saturated heterocycles. The van der Waals surface area contributed by atoms with Crippen molar-refractivity contribution in [2.24, 2.45) is 0 Å². The van der Waals surface area contributed by atoms with Gasteiger partial charge in [0, 0.05) is 6.42 Å². The van der Waals surface area contributed by atoms with Crippen LogP contribution in [0.5, 0.6) is 0 Å². The third-order valence-electron chi connectivity index (χ3n) is 17.2. The molecule has 17 atom stereocenters. The average Bonchev–Trinajstić information content (AvgIpc) is 0.847. The summed E-state index contributed by atoms with van der Waals surface area (Å²) >= 11 is 0. The zero-order chi connectivity index (χ0) is 65.4. The number of ether oxygens (including phenoxy) is 6. The van der Waals surface area contributed by atoms with E-state index in [0.29, 0.717) is 12.8 Å². The highest BCUT2D eigenvalue weighted by molar-refractivity contribution is 5.76. The van der Waals surface area contributed by atoms with Crippen LogP contribution in [-0.2, 0) is 33.2 Å². The molecule has 0 saturated carbocycles. The van der Waals surface area contributed by atoms with Gasteiger partial charge in [0.2, 0.25) is 5.91 Å². The Bertz CT molecular complexity index is 1920. The van der Waals surface area contributed by atoms with Crippen LogP contribution in [-0.4, -0.2) is 193 Å². The number of allylic oxidation sites excluding steroid dienone is 11. The van der Waals surface area contributed by atoms with E-state index in [1.54, 1.807) is 6.08 Å². The summed E-state index contributed by atoms with van der Waals surface area (Å²) in [5.41, 5.74) is 0. The van der Waals surface area contributed by atoms with Crippen molar-refractivity contribution in [1.82, 2.24) is 5.32 Å². The largest absolute Gasteiger partial charge is 0.394 e. The molecule has 90 heavy (non-hydrogen) atoms. The summed E-state index contributed by atoms with van der Waals surface area (Å²) < 4.78 is 34.3. The molecule has 0 spiro atoms. The maximum Gasteiger partial charge on any atom is 0.220 e. The van der Waals surface area contributed by atoms with Crippen LogP contribution < -0.4 is 5.32 Å². The molecule has 3 aliphatic heterocycles. The van der Waals surface area contributed by atoms with E-state index >= 15 is 0 Å². The zero-order valence-electron chi connectivity index (χ0n) is 55.1. The molecule has 19 nitrogen and oxygen atoms in total. The second-order valence-electron chi connectivity index (χ2n) is 25.0. The lowest BCUT2D eigenvalue weighted by Gasteiger charge is -2.48. The summed E-state index contributed by atoms with van der Waals surface area (Å²) in [5, 5.41) is 120. The molecule has 3 rings (SSSR count). The topological polar surface area (TPSA) is 307 Å². The predicted molar refractivity (Wildman–Crippen MR) is 351 cm³/mol. The van der Waals surface area contributed by atoms with Crippen LogP contribution in [0, 0.1) is 0 Å². The lowest BCUT2D eigenvalue weighted by molar-refractivity contribution is -0.379. The molecule has 0 aromatic rings. The number of carbonyl (C=O) groups is 1. The standard InChI is InChI=1S/C71H125NO18/c1-3-5-7-9-11-13-15-17-19-21-22-23-24-25-26-27-28-29-30-31-33-34-36-38-40-42-44-46-48-55(76)54(72-59(77)49-47-45-43-41-39-37-35-32-20-18-16-14-12-10-8-6-4-2)53-85-69-65(83)62(80)67(57(51-74)87-69)90-71-66(84)63(81)68(58(52-75)88-71)89-70-64(82)61(79)60(78)56(50-73)86-70/h6,8,12,14,18,20,35,37-38,40,46,48,54-58,60-71,73-76,78-84H,3-5,7,9-11,13,15-17,19,21-34,36,39,41-45,47,49-53H2,1-2H3,(H,72,77)/b8-6-,14-12-,20-18-,37-35-,40-38+,48-46+. The van der Waals surface area contributed by atoms with Gasteiger partial charge in [-0.15, -0.1) is 0 Å². The molecule has 3 heterocycles. The van der Waals surface area contributed by atoms with Crippen molar-refractivity contribution in [2.75, 3.05) is 26.4 Å². The van der Waals surface area contributed by atoms with Crippen LogP contribution in [0.15, 0.2) is 72.9 Å². The first kappa shape index (κ1) is 81.5. The van der Waals surface area contributed by atoms with Gasteiger partial charge in [-0.05, 0) is 70.6 Å². The van der Waals surface area contributed by atoms with E-state index in [-0.39, 0.29) is 18.9 Å². The monoisotopic (exact) mass is 1280 g/mol. The fourth-order valence-electron chi connectivity index (χ4n) is 11.6. The second kappa shape index (κ2) is 52.5. The molecule has 17 unspecified atom stereocenters. The van der Waals surface area contributed by atoms with E-state index in [2.05, 4.69) is 79.9 Å². The number of nitrogens with one attached hydrogen (secondary N) is 1. The Morgan fingerprint density at radius 2 is 0.778 bits per heavy atom. The van der Waals surface area contributed by atoms with Crippen LogP contribution in [0.4, 0.5) is 0 Å². The van der Waals surface area contributed by atoms with Crippen molar-refractivity contribution in [3.05, 3.63) is 72.9 Å². The summed E-state index contributed by atoms with van der Waals surface area (Å²) in [6, 6.07) is -1.01. The first-order chi connectivity index (χ1) is 43.8. The van der Waals surface area contributed by atoms with E-state index in [1.807, 2.05) is 6.08 Å². The minimum Gasteiger partial charge on any atom is -0.394 e. The van der Waals surface area contributed by atoms with Crippen molar-refractivity contribution < 1.29 is 89.4 Å². The van der Waals surface area contributed by atoms with E-state index in [9.17, 15) is 61.0 Å². The summed E-state index contributed by atoms with van der Waals surface area (Å²) in [4.78, 5) is 13.4. The smallest absolute Gasteiger partial charge is 0.220 e. The van der Waals surface area contributed by atoms with E-state index in [0.717, 1.165) is 70.6 Å². The van der Waals surface area contributed by atoms with Crippen molar-refractivity contribution in [1.29, 1.82) is 0 Å². The Morgan fingerprint density at radius 3 is 1.24 bits per heavy atom. The van der Waals surface area contributed by atoms with Crippen LogP contribution in [0.1, 0.15) is 239 Å². The molecule has 0 radical (unpaired) electrons. The molecule has 0 aromatic carbocycles. The number of hydrogen-bond acceptors (Lipinski definition) is 18. The number of unbranched alkanes of at least 4 members (excludes halogenated alkanes) is 27. The Labute approximate surface area is 540 Å². The van der Waals surface area contributed by atoms with Crippen molar-refractivity contribution in [3.8, 4) is 0 Å². The lowest BCUT2D eigenvalue weighted by Crippen LogP contribution is -2.66. The number of amides is 1. The van der Waals surface area contributed by atoms with E-state index in [1.165, 1.54) is 135 Å². The molecular weight excluding hydrogens is 1150 g/mol. The first-order valence-corrected chi connectivity index (χ1v) is 35.2. The summed E-state index contributed by atoms with van der Waals surface area (Å²) in [6.45, 7) is 1.59. The van der Waals surface area contributed by atoms with Gasteiger partial charge in [0.15, 0.2) is 18.9 Å². The molecule has 12 N–H and O–H groups in total. The molecule has 522 valence electrons. The Hall–Kier alpha value is -2.77. The van der Waals surface area contributed by atoms with Crippen LogP contribution >= 0.6 is 0 Å². The van der Waals surface area contributed by atoms with Gasteiger partial charge in [0.05, 0.1) is 38.6 Å². The van der Waals surface area contributed by atoms with Crippen LogP contribution in [0.2, 0.25) is 0 Å². The Morgan fingerprint density at radius 1 is 0.411 bits per heavy atom. The van der Waals surface area contributed by atoms with Gasteiger partial charge in [0.25, 0.3) is 0 Å². The van der Waals surface area contributed by atoms with Crippen molar-refractivity contribution in [3.63, 3.8) is 0 Å². The van der Waals surface area contributed by atoms with Crippen LogP contribution in [0.25, 0.3) is 0 Å². The van der Waals surface area contributed by atoms with Crippen molar-refractivity contribution in [2.45, 2.75) is 343 Å². The molecule has 3 aliphatic rings. The molecule has 0 aliphatic carbocycles. The van der Waals surface area contributed by atoms with Crippen molar-refractivity contribution >= 4 is 5.91 Å². The summed E-state index contributed by atoms with van der Waals surface area (Å²) in [5.74, 6) is -0.310. The highest BCUT2D eigenvalue weighted by atomic mass is 16.8. The maximum atomic E-state index is 13.4. The molecule has 1 amide bonds. The lowest BCUT2D eigenvalue weighted by atomic mass is 9.96. The Balaban J connectivity index is 1.44. The quantitative estimate of drug-likeness (QED) is 0.0199. The van der Waals surface area contributed by atoms with Gasteiger partial charge in [-0.3, -0.25) is 4.79 Å². The molecular formula is C71H125NO18. The van der Waals surface area contributed by atoms with E-state index in [4.69, 9.17) is 28.4 Å². The third-order valence-corrected chi connectivity index (χ3v) is 17.2. The SMILES string of the molecule is CC/C=C\C/C=C\C/C=C\C/C=C\CCCCCCC(=O)NC(COC1OC(CO)C(OC2OC(CO)C(OC3OC(CO)C(O)C(O)C3O)C(O)C2O)C(O)C1O)C(O)/C=C/CC/C=C/CCCCCCCCCCCCCCCCCCCCCCCC. The van der Waals surface area contributed by atoms with Gasteiger partial charge >= 0.3 is 0 Å². The average molecular weight is 1280 g/mol. The van der Waals surface area contributed by atoms with Gasteiger partial charge in [-0.2, -0.15) is 0 Å².